The number of nitrogens with zero attached hydrogens (tertiary/aromatic N) is 3. The molecule has 1 aliphatic heterocycles. The Morgan fingerprint density at radius 3 is 2.82 bits per heavy atom. The second-order valence-corrected chi connectivity index (χ2v) is 4.33. The van der Waals surface area contributed by atoms with Gasteiger partial charge in [0, 0.05) is 25.7 Å². The molecule has 0 radical (unpaired) electrons. The van der Waals surface area contributed by atoms with E-state index in [-0.39, 0.29) is 18.2 Å². The fourth-order valence-electron chi connectivity index (χ4n) is 1.62. The molecule has 2 heterocycles. The van der Waals surface area contributed by atoms with Gasteiger partial charge in [0.05, 0.1) is 5.69 Å². The Balaban J connectivity index is 2.34. The van der Waals surface area contributed by atoms with Crippen molar-refractivity contribution in [1.82, 2.24) is 8.96 Å². The normalized spacial score (nSPS) is 14.5. The maximum absolute atomic E-state index is 12.6. The number of carbonyl (C=O) groups is 1. The summed E-state index contributed by atoms with van der Waals surface area (Å²) >= 11 is -0.142. The van der Waals surface area contributed by atoms with Crippen LogP contribution in [0.3, 0.4) is 0 Å². The summed E-state index contributed by atoms with van der Waals surface area (Å²) < 4.78 is 13.5. The van der Waals surface area contributed by atoms with E-state index in [0.717, 1.165) is 29.8 Å². The third kappa shape index (κ3) is 2.49. The first-order valence-electron chi connectivity index (χ1n) is 5.36. The van der Waals surface area contributed by atoms with Gasteiger partial charge in [-0.05, 0) is 12.8 Å². The molecule has 1 saturated heterocycles. The van der Waals surface area contributed by atoms with Crippen molar-refractivity contribution < 1.29 is 8.68 Å². The third-order valence-corrected chi connectivity index (χ3v) is 3.08. The Kier molecular flexibility index (Phi) is 3.78. The van der Waals surface area contributed by atoms with Crippen LogP contribution in [0.5, 0.6) is 0 Å². The van der Waals surface area contributed by atoms with Crippen LogP contribution in [0.15, 0.2) is 11.0 Å². The molecule has 0 spiro atoms. The molecule has 0 N–H and O–H groups in total. The summed E-state index contributed by atoms with van der Waals surface area (Å²) in [6, 6.07) is 0. The minimum atomic E-state index is -0.438. The first-order valence-corrected chi connectivity index (χ1v) is 6.04. The lowest BCUT2D eigenvalue weighted by atomic mass is 10.2. The van der Waals surface area contributed by atoms with E-state index < -0.39 is 5.56 Å². The fraction of sp³-hybridized carbons (Fsp3) is 0.500. The molecule has 17 heavy (non-hydrogen) atoms. The van der Waals surface area contributed by atoms with Gasteiger partial charge >= 0.3 is 5.56 Å². The largest absolute Gasteiger partial charge is 0.352 e. The molecular weight excluding hydrogens is 245 g/mol. The van der Waals surface area contributed by atoms with E-state index in [1.54, 1.807) is 0 Å². The van der Waals surface area contributed by atoms with Gasteiger partial charge in [-0.3, -0.25) is 4.79 Å². The molecule has 2 rings (SSSR count). The van der Waals surface area contributed by atoms with E-state index in [0.29, 0.717) is 18.5 Å². The highest BCUT2D eigenvalue weighted by Crippen LogP contribution is 2.16. The van der Waals surface area contributed by atoms with Gasteiger partial charge in [0.25, 0.3) is 0 Å². The van der Waals surface area contributed by atoms with Crippen LogP contribution in [-0.4, -0.2) is 28.3 Å². The Labute approximate surface area is 102 Å². The van der Waals surface area contributed by atoms with Gasteiger partial charge < -0.3 is 9.69 Å². The summed E-state index contributed by atoms with van der Waals surface area (Å²) in [6.45, 7) is 1.55. The summed E-state index contributed by atoms with van der Waals surface area (Å²) in [5.41, 5.74) is 0.121. The molecule has 1 fully saturated rings. The van der Waals surface area contributed by atoms with Gasteiger partial charge in [0.1, 0.15) is 6.29 Å². The zero-order valence-corrected chi connectivity index (χ0v) is 9.95. The maximum Gasteiger partial charge on any atom is 0.305 e. The Hall–Kier alpha value is -1.37. The van der Waals surface area contributed by atoms with Crippen LogP contribution < -0.4 is 10.5 Å². The smallest absolute Gasteiger partial charge is 0.305 e. The average Bonchev–Trinajstić information content (AvgIpc) is 2.27. The molecule has 0 bridgehead atoms. The van der Waals surface area contributed by atoms with Crippen molar-refractivity contribution in [3.63, 3.8) is 0 Å². The summed E-state index contributed by atoms with van der Waals surface area (Å²) in [5, 5.41) is 0. The topological polar surface area (TPSA) is 55.2 Å². The van der Waals surface area contributed by atoms with Crippen LogP contribution in [0.1, 0.15) is 18.5 Å². The number of hydrogen-bond donors (Lipinski definition) is 0. The van der Waals surface area contributed by atoms with Crippen molar-refractivity contribution in [2.24, 2.45) is 0 Å². The number of aldehydes is 1. The lowest BCUT2D eigenvalue weighted by Gasteiger charge is -2.31. The molecule has 0 atom stereocenters. The van der Waals surface area contributed by atoms with Gasteiger partial charge in [0.2, 0.25) is 0 Å². The van der Waals surface area contributed by atoms with Gasteiger partial charge in [-0.1, -0.05) is 0 Å². The SMILES string of the molecule is O=CCCc1cn(SF)c(=O)c(N2CCC2)n1. The lowest BCUT2D eigenvalue weighted by Crippen LogP contribution is -2.42. The molecular formula is C10H12FN3O2S. The first kappa shape index (κ1) is 12.1. The highest BCUT2D eigenvalue weighted by molar-refractivity contribution is 7.92. The molecule has 0 unspecified atom stereocenters. The minimum absolute atomic E-state index is 0.142. The molecule has 5 nitrogen and oxygen atoms in total. The van der Waals surface area contributed by atoms with Crippen molar-refractivity contribution in [3.05, 3.63) is 22.2 Å². The highest BCUT2D eigenvalue weighted by Gasteiger charge is 2.21. The van der Waals surface area contributed by atoms with Crippen molar-refractivity contribution in [2.75, 3.05) is 18.0 Å². The molecule has 1 aliphatic rings. The number of rotatable bonds is 5. The number of aryl methyl sites for hydroxylation is 1. The van der Waals surface area contributed by atoms with E-state index in [2.05, 4.69) is 4.98 Å². The molecule has 0 amide bonds. The molecule has 92 valence electrons. The monoisotopic (exact) mass is 257 g/mol. The second kappa shape index (κ2) is 5.31. The Bertz CT molecular complexity index is 473. The molecule has 7 heteroatoms. The van der Waals surface area contributed by atoms with Gasteiger partial charge in [-0.2, -0.15) is 0 Å². The Morgan fingerprint density at radius 1 is 1.53 bits per heavy atom. The van der Waals surface area contributed by atoms with Crippen molar-refractivity contribution in [3.8, 4) is 0 Å². The molecule has 0 saturated carbocycles. The summed E-state index contributed by atoms with van der Waals surface area (Å²) in [7, 11) is 0. The van der Waals surface area contributed by atoms with E-state index in [9.17, 15) is 13.5 Å². The van der Waals surface area contributed by atoms with Gasteiger partial charge in [-0.15, -0.1) is 3.89 Å². The number of carbonyl (C=O) groups excluding carboxylic acids is 1. The number of aromatic nitrogens is 2. The quantitative estimate of drug-likeness (QED) is 0.736. The molecule has 0 aliphatic carbocycles. The molecule has 0 aromatic carbocycles. The lowest BCUT2D eigenvalue weighted by molar-refractivity contribution is -0.107. The van der Waals surface area contributed by atoms with E-state index in [1.165, 1.54) is 6.20 Å². The zero-order chi connectivity index (χ0) is 12.3. The number of anilines is 1. The van der Waals surface area contributed by atoms with Gasteiger partial charge in [0.15, 0.2) is 18.2 Å². The standard InChI is InChI=1S/C10H12FN3O2S/c11-17-14-7-8(3-1-6-15)12-9(10(14)16)13-4-2-5-13/h6-7H,1-5H2. The van der Waals surface area contributed by atoms with E-state index in [1.807, 2.05) is 4.90 Å². The number of hydrogen-bond acceptors (Lipinski definition) is 5. The van der Waals surface area contributed by atoms with Crippen LogP contribution in [-0.2, 0) is 11.2 Å². The predicted octanol–water partition coefficient (Wildman–Crippen LogP) is 0.966. The van der Waals surface area contributed by atoms with Crippen molar-refractivity contribution >= 4 is 24.4 Å². The van der Waals surface area contributed by atoms with Crippen LogP contribution in [0.2, 0.25) is 0 Å². The minimum Gasteiger partial charge on any atom is -0.352 e. The Morgan fingerprint density at radius 2 is 2.29 bits per heavy atom. The van der Waals surface area contributed by atoms with Crippen LogP contribution in [0.4, 0.5) is 9.70 Å². The second-order valence-electron chi connectivity index (χ2n) is 3.80. The number of halogens is 1. The summed E-state index contributed by atoms with van der Waals surface area (Å²) in [6.07, 6.45) is 3.89. The van der Waals surface area contributed by atoms with Crippen molar-refractivity contribution in [1.29, 1.82) is 0 Å². The third-order valence-electron chi connectivity index (χ3n) is 2.66. The molecule has 1 aromatic rings. The van der Waals surface area contributed by atoms with Crippen LogP contribution in [0.25, 0.3) is 0 Å². The van der Waals surface area contributed by atoms with E-state index >= 15 is 0 Å². The highest BCUT2D eigenvalue weighted by atomic mass is 32.2. The summed E-state index contributed by atoms with van der Waals surface area (Å²) in [5.74, 6) is 0.282. The fourth-order valence-corrected chi connectivity index (χ4v) is 1.92. The average molecular weight is 257 g/mol. The maximum atomic E-state index is 12.6. The summed E-state index contributed by atoms with van der Waals surface area (Å²) in [4.78, 5) is 28.1. The zero-order valence-electron chi connectivity index (χ0n) is 9.13. The van der Waals surface area contributed by atoms with Crippen LogP contribution in [0, 0.1) is 0 Å². The predicted molar refractivity (Wildman–Crippen MR) is 63.8 cm³/mol. The first-order chi connectivity index (χ1) is 8.26. The van der Waals surface area contributed by atoms with Crippen LogP contribution >= 0.6 is 12.3 Å². The van der Waals surface area contributed by atoms with Crippen molar-refractivity contribution in [2.45, 2.75) is 19.3 Å². The molecule has 1 aromatic heterocycles. The van der Waals surface area contributed by atoms with E-state index in [4.69, 9.17) is 0 Å². The van der Waals surface area contributed by atoms with Gasteiger partial charge in [-0.25, -0.2) is 8.96 Å².